The molecule has 0 atom stereocenters. The molecule has 0 unspecified atom stereocenters. The molecule has 0 aliphatic heterocycles. The molecule has 10 heteroatoms. The lowest BCUT2D eigenvalue weighted by Gasteiger charge is -2.07. The van der Waals surface area contributed by atoms with E-state index in [4.69, 9.17) is 14.5 Å². The number of hydrogen-bond acceptors (Lipinski definition) is 9. The van der Waals surface area contributed by atoms with Gasteiger partial charge in [-0.05, 0) is 73.3 Å². The molecule has 5 rings (SSSR count). The third-order valence-electron chi connectivity index (χ3n) is 5.20. The number of halogens is 1. The fraction of sp³-hybridized carbons (Fsp3) is 0.200. The average Bonchev–Trinajstić information content (AvgIpc) is 3.29. The summed E-state index contributed by atoms with van der Waals surface area (Å²) < 4.78 is 27.3. The Labute approximate surface area is 209 Å². The van der Waals surface area contributed by atoms with Crippen LogP contribution < -0.4 is 14.2 Å². The van der Waals surface area contributed by atoms with Crippen LogP contribution in [0.2, 0.25) is 0 Å². The lowest BCUT2D eigenvalue weighted by Crippen LogP contribution is -2.14. The molecule has 1 N–H and O–H groups in total. The van der Waals surface area contributed by atoms with Gasteiger partial charge in [0.05, 0.1) is 24.3 Å². The fourth-order valence-electron chi connectivity index (χ4n) is 3.56. The maximum atomic E-state index is 13.0. The van der Waals surface area contributed by atoms with Crippen LogP contribution in [0.5, 0.6) is 11.8 Å². The number of methoxy groups -OCH3 is 1. The number of pyridine rings is 1. The smallest absolute Gasteiger partial charge is 0.232 e. The predicted molar refractivity (Wildman–Crippen MR) is 138 cm³/mol. The van der Waals surface area contributed by atoms with Crippen LogP contribution in [0.25, 0.3) is 32.0 Å². The van der Waals surface area contributed by atoms with Gasteiger partial charge in [-0.2, -0.15) is 0 Å². The third kappa shape index (κ3) is 5.19. The molecule has 5 aromatic rings. The summed E-state index contributed by atoms with van der Waals surface area (Å²) in [6.45, 7) is 5.07. The minimum atomic E-state index is -0.246. The highest BCUT2D eigenvalue weighted by Crippen LogP contribution is 2.36. The summed E-state index contributed by atoms with van der Waals surface area (Å²) in [5.41, 5.74) is 5.35. The summed E-state index contributed by atoms with van der Waals surface area (Å²) >= 11 is 2.93. The number of ether oxygens (including phenoxy) is 2. The highest BCUT2D eigenvalue weighted by molar-refractivity contribution is 7.97. The maximum Gasteiger partial charge on any atom is 0.232 e. The second-order valence-corrected chi connectivity index (χ2v) is 9.78. The SMILES string of the molecule is COc1cnc2c(-c3nc4c(C)cc(OCCNSc5ccc(F)cc5)nc4s3)cc(C)cc2n1. The molecule has 0 aliphatic carbocycles. The summed E-state index contributed by atoms with van der Waals surface area (Å²) in [5.74, 6) is 0.783. The number of rotatable bonds is 8. The summed E-state index contributed by atoms with van der Waals surface area (Å²) in [6.07, 6.45) is 1.62. The molecule has 35 heavy (non-hydrogen) atoms. The maximum absolute atomic E-state index is 13.0. The topological polar surface area (TPSA) is 82.1 Å². The number of nitrogens with one attached hydrogen (secondary N) is 1. The molecule has 0 amide bonds. The van der Waals surface area contributed by atoms with Crippen LogP contribution >= 0.6 is 23.3 Å². The molecule has 0 bridgehead atoms. The standard InChI is InChI=1S/C25H22FN5O2S2/c1-14-10-18(23-19(11-14)29-21(32-3)13-27-23)24-31-22-15(2)12-20(30-25(22)34-24)33-9-8-28-35-17-6-4-16(26)5-7-17/h4-7,10-13,28H,8-9H2,1-3H3. The zero-order chi connectivity index (χ0) is 24.4. The van der Waals surface area contributed by atoms with Gasteiger partial charge in [-0.1, -0.05) is 11.3 Å². The van der Waals surface area contributed by atoms with Gasteiger partial charge in [0, 0.05) is 23.1 Å². The monoisotopic (exact) mass is 507 g/mol. The first-order chi connectivity index (χ1) is 17.0. The minimum Gasteiger partial charge on any atom is -0.480 e. The zero-order valence-electron chi connectivity index (χ0n) is 19.3. The Balaban J connectivity index is 1.33. The first kappa shape index (κ1) is 23.4. The van der Waals surface area contributed by atoms with E-state index in [-0.39, 0.29) is 5.82 Å². The van der Waals surface area contributed by atoms with Crippen LogP contribution in [0.1, 0.15) is 11.1 Å². The lowest BCUT2D eigenvalue weighted by molar-refractivity contribution is 0.313. The Morgan fingerprint density at radius 2 is 1.83 bits per heavy atom. The van der Waals surface area contributed by atoms with Crippen LogP contribution in [0, 0.1) is 19.7 Å². The fourth-order valence-corrected chi connectivity index (χ4v) is 5.21. The summed E-state index contributed by atoms with van der Waals surface area (Å²) in [7, 11) is 1.58. The van der Waals surface area contributed by atoms with Crippen molar-refractivity contribution in [2.75, 3.05) is 20.3 Å². The highest BCUT2D eigenvalue weighted by Gasteiger charge is 2.16. The first-order valence-corrected chi connectivity index (χ1v) is 12.5. The molecular formula is C25H22FN5O2S2. The van der Waals surface area contributed by atoms with Crippen LogP contribution in [0.15, 0.2) is 53.6 Å². The third-order valence-corrected chi connectivity index (χ3v) is 7.04. The van der Waals surface area contributed by atoms with Gasteiger partial charge >= 0.3 is 0 Å². The van der Waals surface area contributed by atoms with Gasteiger partial charge < -0.3 is 9.47 Å². The molecule has 0 saturated heterocycles. The first-order valence-electron chi connectivity index (χ1n) is 10.9. The van der Waals surface area contributed by atoms with Gasteiger partial charge in [0.2, 0.25) is 11.8 Å². The number of aryl methyl sites for hydroxylation is 2. The van der Waals surface area contributed by atoms with Crippen molar-refractivity contribution in [2.24, 2.45) is 0 Å². The van der Waals surface area contributed by atoms with Crippen LogP contribution in [0.4, 0.5) is 4.39 Å². The van der Waals surface area contributed by atoms with E-state index in [0.29, 0.717) is 24.9 Å². The van der Waals surface area contributed by atoms with E-state index in [1.165, 1.54) is 35.4 Å². The van der Waals surface area contributed by atoms with Gasteiger partial charge in [-0.15, -0.1) is 0 Å². The van der Waals surface area contributed by atoms with Crippen molar-refractivity contribution in [3.05, 3.63) is 65.6 Å². The van der Waals surface area contributed by atoms with Gasteiger partial charge in [-0.25, -0.2) is 24.3 Å². The van der Waals surface area contributed by atoms with Crippen molar-refractivity contribution in [1.82, 2.24) is 24.7 Å². The Morgan fingerprint density at radius 3 is 2.63 bits per heavy atom. The van der Waals surface area contributed by atoms with E-state index in [1.807, 2.05) is 26.0 Å². The number of hydrogen-bond donors (Lipinski definition) is 1. The van der Waals surface area contributed by atoms with Crippen molar-refractivity contribution in [3.63, 3.8) is 0 Å². The van der Waals surface area contributed by atoms with Gasteiger partial charge in [0.1, 0.15) is 27.8 Å². The Hall–Kier alpha value is -3.34. The Bertz CT molecular complexity index is 1510. The molecule has 3 aromatic heterocycles. The Morgan fingerprint density at radius 1 is 1.00 bits per heavy atom. The average molecular weight is 508 g/mol. The van der Waals surface area contributed by atoms with Crippen molar-refractivity contribution in [2.45, 2.75) is 18.7 Å². The summed E-state index contributed by atoms with van der Waals surface area (Å²) in [6, 6.07) is 12.3. The van der Waals surface area contributed by atoms with Crippen LogP contribution in [-0.4, -0.2) is 40.2 Å². The van der Waals surface area contributed by atoms with E-state index in [1.54, 1.807) is 25.4 Å². The highest BCUT2D eigenvalue weighted by atomic mass is 32.2. The lowest BCUT2D eigenvalue weighted by atomic mass is 10.1. The van der Waals surface area contributed by atoms with E-state index in [9.17, 15) is 4.39 Å². The summed E-state index contributed by atoms with van der Waals surface area (Å²) in [5, 5.41) is 0.832. The van der Waals surface area contributed by atoms with Crippen molar-refractivity contribution < 1.29 is 13.9 Å². The number of benzene rings is 2. The Kier molecular flexibility index (Phi) is 6.76. The molecule has 178 valence electrons. The van der Waals surface area contributed by atoms with E-state index < -0.39 is 0 Å². The van der Waals surface area contributed by atoms with Crippen LogP contribution in [-0.2, 0) is 0 Å². The van der Waals surface area contributed by atoms with Gasteiger partial charge in [0.15, 0.2) is 0 Å². The predicted octanol–water partition coefficient (Wildman–Crippen LogP) is 5.74. The molecule has 3 heterocycles. The normalized spacial score (nSPS) is 11.3. The number of thiazole rings is 1. The zero-order valence-corrected chi connectivity index (χ0v) is 21.0. The van der Waals surface area contributed by atoms with E-state index in [0.717, 1.165) is 48.0 Å². The van der Waals surface area contributed by atoms with E-state index >= 15 is 0 Å². The molecule has 0 spiro atoms. The van der Waals surface area contributed by atoms with Crippen LogP contribution in [0.3, 0.4) is 0 Å². The van der Waals surface area contributed by atoms with E-state index in [2.05, 4.69) is 25.7 Å². The summed E-state index contributed by atoms with van der Waals surface area (Å²) in [4.78, 5) is 20.4. The molecule has 2 aromatic carbocycles. The number of nitrogens with zero attached hydrogens (tertiary/aromatic N) is 4. The molecule has 0 aliphatic rings. The second kappa shape index (κ2) is 10.1. The number of aromatic nitrogens is 4. The van der Waals surface area contributed by atoms with Gasteiger partial charge in [-0.3, -0.25) is 4.72 Å². The molecule has 0 radical (unpaired) electrons. The molecule has 0 saturated carbocycles. The molecule has 0 fully saturated rings. The minimum absolute atomic E-state index is 0.246. The quantitative estimate of drug-likeness (QED) is 0.210. The van der Waals surface area contributed by atoms with Crippen molar-refractivity contribution in [3.8, 4) is 22.3 Å². The van der Waals surface area contributed by atoms with Gasteiger partial charge in [0.25, 0.3) is 0 Å². The molecular weight excluding hydrogens is 485 g/mol. The van der Waals surface area contributed by atoms with Crippen molar-refractivity contribution >= 4 is 44.7 Å². The van der Waals surface area contributed by atoms with Crippen molar-refractivity contribution in [1.29, 1.82) is 0 Å². The second-order valence-electron chi connectivity index (χ2n) is 7.84. The molecule has 7 nitrogen and oxygen atoms in total. The number of fused-ring (bicyclic) bond motifs is 2. The largest absolute Gasteiger partial charge is 0.480 e.